The summed E-state index contributed by atoms with van der Waals surface area (Å²) in [6.45, 7) is 4.77. The van der Waals surface area contributed by atoms with Crippen molar-refractivity contribution in [2.45, 2.75) is 52.1 Å². The molecule has 1 aliphatic heterocycles. The number of ether oxygens (including phenoxy) is 1. The maximum atomic E-state index is 12.8. The van der Waals surface area contributed by atoms with Crippen LogP contribution in [0.2, 0.25) is 0 Å². The molecule has 2 aliphatic rings. The number of amides is 2. The van der Waals surface area contributed by atoms with E-state index >= 15 is 0 Å². The van der Waals surface area contributed by atoms with Gasteiger partial charge >= 0.3 is 0 Å². The molecule has 1 fully saturated rings. The summed E-state index contributed by atoms with van der Waals surface area (Å²) in [5.41, 5.74) is 10.4. The second-order valence-corrected chi connectivity index (χ2v) is 11.0. The smallest absolute Gasteiger partial charge is 0.258 e. The third-order valence-corrected chi connectivity index (χ3v) is 7.61. The molecule has 218 valence electrons. The van der Waals surface area contributed by atoms with E-state index < -0.39 is 0 Å². The first-order valence-electron chi connectivity index (χ1n) is 14.4. The van der Waals surface area contributed by atoms with Gasteiger partial charge in [-0.1, -0.05) is 38.1 Å². The Balaban J connectivity index is 1.42. The number of allylic oxidation sites excluding steroid dienone is 1. The average molecular weight is 568 g/mol. The molecule has 0 atom stereocenters. The topological polar surface area (TPSA) is 146 Å². The third-order valence-electron chi connectivity index (χ3n) is 7.61. The fourth-order valence-corrected chi connectivity index (χ4v) is 5.01. The Morgan fingerprint density at radius 2 is 1.95 bits per heavy atom. The number of nitrogens with zero attached hydrogens (tertiary/aromatic N) is 3. The van der Waals surface area contributed by atoms with E-state index in [9.17, 15) is 9.59 Å². The molecule has 42 heavy (non-hydrogen) atoms. The lowest BCUT2D eigenvalue weighted by atomic mass is 9.93. The summed E-state index contributed by atoms with van der Waals surface area (Å²) >= 11 is 0. The molecule has 5 rings (SSSR count). The molecule has 2 amide bonds. The lowest BCUT2D eigenvalue weighted by Gasteiger charge is -2.31. The highest BCUT2D eigenvalue weighted by Crippen LogP contribution is 2.31. The van der Waals surface area contributed by atoms with Crippen LogP contribution in [0.1, 0.15) is 49.9 Å². The van der Waals surface area contributed by atoms with Crippen LogP contribution in [-0.2, 0) is 22.6 Å². The molecule has 10 nitrogen and oxygen atoms in total. The van der Waals surface area contributed by atoms with Crippen LogP contribution in [0.4, 0.5) is 11.5 Å². The van der Waals surface area contributed by atoms with E-state index in [-0.39, 0.29) is 30.4 Å². The van der Waals surface area contributed by atoms with E-state index in [1.807, 2.05) is 67.3 Å². The number of nitrogens with one attached hydrogen (secondary N) is 3. The molecule has 1 saturated carbocycles. The summed E-state index contributed by atoms with van der Waals surface area (Å²) in [6.07, 6.45) is 6.43. The van der Waals surface area contributed by atoms with Gasteiger partial charge in [0.1, 0.15) is 11.6 Å². The van der Waals surface area contributed by atoms with E-state index in [0.717, 1.165) is 47.3 Å². The zero-order chi connectivity index (χ0) is 29.6. The number of carbonyl (C=O) groups is 2. The maximum Gasteiger partial charge on any atom is 0.258 e. The molecule has 0 bridgehead atoms. The van der Waals surface area contributed by atoms with Gasteiger partial charge in [-0.25, -0.2) is 9.97 Å². The molecular weight excluding hydrogens is 530 g/mol. The van der Waals surface area contributed by atoms with Crippen LogP contribution < -0.4 is 21.1 Å². The summed E-state index contributed by atoms with van der Waals surface area (Å²) in [5, 5.41) is 14.0. The first kappa shape index (κ1) is 28.8. The summed E-state index contributed by atoms with van der Waals surface area (Å²) in [5.74, 6) is 1.58. The molecule has 10 heteroatoms. The van der Waals surface area contributed by atoms with E-state index in [0.29, 0.717) is 42.5 Å². The minimum absolute atomic E-state index is 0.0491. The van der Waals surface area contributed by atoms with Crippen molar-refractivity contribution in [2.75, 3.05) is 18.5 Å². The molecular formula is C32H37N7O3. The van der Waals surface area contributed by atoms with Crippen LogP contribution in [0, 0.1) is 11.3 Å². The second-order valence-electron chi connectivity index (χ2n) is 11.0. The van der Waals surface area contributed by atoms with Crippen LogP contribution in [0.5, 0.6) is 5.75 Å². The fraction of sp³-hybridized carbons (Fsp3) is 0.344. The molecule has 1 aliphatic carbocycles. The predicted molar refractivity (Wildman–Crippen MR) is 163 cm³/mol. The van der Waals surface area contributed by atoms with Gasteiger partial charge < -0.3 is 31.4 Å². The number of anilines is 2. The number of hydrogen-bond acceptors (Lipinski definition) is 8. The van der Waals surface area contributed by atoms with Gasteiger partial charge in [0.15, 0.2) is 12.4 Å². The number of hydrogen-bond donors (Lipinski definition) is 4. The van der Waals surface area contributed by atoms with Gasteiger partial charge in [-0.05, 0) is 49.1 Å². The predicted octanol–water partition coefficient (Wildman–Crippen LogP) is 4.42. The summed E-state index contributed by atoms with van der Waals surface area (Å²) < 4.78 is 5.79. The molecule has 5 N–H and O–H groups in total. The van der Waals surface area contributed by atoms with Crippen molar-refractivity contribution in [3.8, 4) is 17.1 Å². The Bertz CT molecular complexity index is 1500. The number of nitrogens with two attached hydrogens (primary N) is 1. The zero-order valence-electron chi connectivity index (χ0n) is 24.0. The number of fused-ring (bicyclic) bond motifs is 1. The highest BCUT2D eigenvalue weighted by Gasteiger charge is 2.27. The van der Waals surface area contributed by atoms with Crippen LogP contribution in [-0.4, -0.2) is 52.1 Å². The van der Waals surface area contributed by atoms with Crippen molar-refractivity contribution in [3.63, 3.8) is 0 Å². The fourth-order valence-electron chi connectivity index (χ4n) is 5.01. The van der Waals surface area contributed by atoms with Crippen molar-refractivity contribution in [1.29, 1.82) is 5.41 Å². The first-order valence-corrected chi connectivity index (χ1v) is 14.4. The van der Waals surface area contributed by atoms with Gasteiger partial charge in [0.2, 0.25) is 5.91 Å². The minimum Gasteiger partial charge on any atom is -0.484 e. The average Bonchev–Trinajstić information content (AvgIpc) is 2.99. The highest BCUT2D eigenvalue weighted by atomic mass is 16.5. The summed E-state index contributed by atoms with van der Waals surface area (Å²) in [7, 11) is 0. The quantitative estimate of drug-likeness (QED) is 0.265. The van der Waals surface area contributed by atoms with Crippen molar-refractivity contribution in [2.24, 2.45) is 11.7 Å². The number of aromatic nitrogens is 2. The minimum atomic E-state index is -0.122. The van der Waals surface area contributed by atoms with Crippen molar-refractivity contribution in [3.05, 3.63) is 71.6 Å². The van der Waals surface area contributed by atoms with E-state index in [1.54, 1.807) is 0 Å². The summed E-state index contributed by atoms with van der Waals surface area (Å²) in [6, 6.07) is 15.3. The standard InChI is InChI=1S/C32H37N7O3/c1-20(2)32(41)39-14-13-28-27(18-39)31(36-25-11-9-21(10-12-25)23(16-33)17-34)38-30(37-28)22-5-3-8-26(15-22)42-19-29(40)35-24-6-4-7-24/h3,5,8-12,15-17,20,24,33H,4,6-7,13-14,18-19,34H2,1-2H3,(H,35,40)(H,36,37,38)/b23-17+,33-16?. The van der Waals surface area contributed by atoms with E-state index in [4.69, 9.17) is 25.8 Å². The number of carbonyl (C=O) groups excluding carboxylic acids is 2. The molecule has 3 aromatic rings. The van der Waals surface area contributed by atoms with Crippen molar-refractivity contribution in [1.82, 2.24) is 20.2 Å². The molecule has 2 aromatic carbocycles. The van der Waals surface area contributed by atoms with Gasteiger partial charge in [-0.2, -0.15) is 0 Å². The third kappa shape index (κ3) is 6.59. The van der Waals surface area contributed by atoms with Crippen LogP contribution >= 0.6 is 0 Å². The van der Waals surface area contributed by atoms with Gasteiger partial charge in [0, 0.05) is 59.7 Å². The second kappa shape index (κ2) is 12.8. The molecule has 0 unspecified atom stereocenters. The normalized spacial score (nSPS) is 15.0. The van der Waals surface area contributed by atoms with Gasteiger partial charge in [-0.3, -0.25) is 9.59 Å². The molecule has 1 aromatic heterocycles. The maximum absolute atomic E-state index is 12.8. The Hall–Kier alpha value is -4.73. The Labute approximate surface area is 245 Å². The molecule has 2 heterocycles. The molecule has 0 spiro atoms. The van der Waals surface area contributed by atoms with E-state index in [2.05, 4.69) is 10.6 Å². The van der Waals surface area contributed by atoms with Crippen LogP contribution in [0.25, 0.3) is 17.0 Å². The number of benzene rings is 2. The Morgan fingerprint density at radius 3 is 2.62 bits per heavy atom. The van der Waals surface area contributed by atoms with Crippen molar-refractivity contribution >= 4 is 35.1 Å². The van der Waals surface area contributed by atoms with Crippen LogP contribution in [0.15, 0.2) is 54.7 Å². The summed E-state index contributed by atoms with van der Waals surface area (Å²) in [4.78, 5) is 36.8. The van der Waals surface area contributed by atoms with E-state index in [1.165, 1.54) is 12.4 Å². The van der Waals surface area contributed by atoms with Gasteiger partial charge in [-0.15, -0.1) is 0 Å². The highest BCUT2D eigenvalue weighted by molar-refractivity contribution is 6.08. The van der Waals surface area contributed by atoms with Gasteiger partial charge in [0.25, 0.3) is 5.91 Å². The Morgan fingerprint density at radius 1 is 1.17 bits per heavy atom. The lowest BCUT2D eigenvalue weighted by Crippen LogP contribution is -2.41. The Kier molecular flexibility index (Phi) is 8.80. The number of rotatable bonds is 10. The lowest BCUT2D eigenvalue weighted by molar-refractivity contribution is -0.135. The SMILES string of the molecule is CC(C)C(=O)N1CCc2nc(-c3cccc(OCC(=O)NC4CCC4)c3)nc(Nc3ccc(/C(C=N)=C/N)cc3)c2C1. The largest absolute Gasteiger partial charge is 0.484 e. The molecule has 0 saturated heterocycles. The van der Waals surface area contributed by atoms with Crippen LogP contribution in [0.3, 0.4) is 0 Å². The zero-order valence-corrected chi connectivity index (χ0v) is 24.0. The monoisotopic (exact) mass is 567 g/mol. The van der Waals surface area contributed by atoms with Crippen molar-refractivity contribution < 1.29 is 14.3 Å². The van der Waals surface area contributed by atoms with Gasteiger partial charge in [0.05, 0.1) is 12.2 Å². The molecule has 0 radical (unpaired) electrons. The first-order chi connectivity index (χ1) is 20.3.